The molecule has 2 atom stereocenters. The monoisotopic (exact) mass is 395 g/mol. The summed E-state index contributed by atoms with van der Waals surface area (Å²) in [5, 5.41) is 6.59. The molecule has 27 heavy (non-hydrogen) atoms. The van der Waals surface area contributed by atoms with Crippen LogP contribution in [0.5, 0.6) is 5.75 Å². The van der Waals surface area contributed by atoms with Gasteiger partial charge < -0.3 is 20.3 Å². The van der Waals surface area contributed by atoms with Crippen LogP contribution < -0.4 is 15.4 Å². The van der Waals surface area contributed by atoms with Crippen molar-refractivity contribution in [1.29, 1.82) is 0 Å². The quantitative estimate of drug-likeness (QED) is 0.777. The fraction of sp³-hybridized carbons (Fsp3) is 0.600. The summed E-state index contributed by atoms with van der Waals surface area (Å²) < 4.78 is 5.66. The van der Waals surface area contributed by atoms with Gasteiger partial charge in [-0.2, -0.15) is 0 Å². The van der Waals surface area contributed by atoms with Crippen molar-refractivity contribution in [3.05, 3.63) is 23.8 Å². The molecule has 0 saturated carbocycles. The molecule has 1 aromatic carbocycles. The van der Waals surface area contributed by atoms with Crippen molar-refractivity contribution in [1.82, 2.24) is 10.2 Å². The van der Waals surface area contributed by atoms with Crippen LogP contribution in [0.25, 0.3) is 0 Å². The van der Waals surface area contributed by atoms with Crippen LogP contribution in [0.4, 0.5) is 5.69 Å². The lowest BCUT2D eigenvalue weighted by Gasteiger charge is -2.28. The van der Waals surface area contributed by atoms with E-state index in [0.717, 1.165) is 18.4 Å². The third-order valence-corrected chi connectivity index (χ3v) is 5.31. The smallest absolute Gasteiger partial charge is 0.259 e. The van der Waals surface area contributed by atoms with Crippen molar-refractivity contribution in [3.8, 4) is 5.75 Å². The number of rotatable bonds is 6. The Morgan fingerprint density at radius 1 is 1.22 bits per heavy atom. The van der Waals surface area contributed by atoms with E-state index in [1.54, 1.807) is 14.1 Å². The lowest BCUT2D eigenvalue weighted by molar-refractivity contribution is -0.130. The molecule has 0 aliphatic carbocycles. The highest BCUT2D eigenvalue weighted by Gasteiger charge is 2.34. The number of nitrogens with one attached hydrogen (secondary N) is 2. The Kier molecular flexibility index (Phi) is 7.50. The number of nitrogens with zero attached hydrogens (tertiary/aromatic N) is 1. The van der Waals surface area contributed by atoms with Gasteiger partial charge in [-0.1, -0.05) is 6.07 Å². The lowest BCUT2D eigenvalue weighted by Crippen LogP contribution is -2.39. The van der Waals surface area contributed by atoms with Crippen molar-refractivity contribution in [2.24, 2.45) is 5.92 Å². The van der Waals surface area contributed by atoms with Gasteiger partial charge in [-0.15, -0.1) is 12.4 Å². The van der Waals surface area contributed by atoms with Crippen molar-refractivity contribution < 1.29 is 14.3 Å². The van der Waals surface area contributed by atoms with E-state index in [1.165, 1.54) is 17.7 Å². The standard InChI is InChI=1S/C20H29N3O3.ClH/c1-13-4-7-17(18(8-13)26-12-20(25)23(2)3)22-19(24)11-14-9-15-5-6-16(10-14)21-15;/h4,7-8,14-16,21H,5-6,9-12H2,1-3H3,(H,22,24);1H. The average molecular weight is 396 g/mol. The molecular formula is C20H30ClN3O3. The molecule has 150 valence electrons. The van der Waals surface area contributed by atoms with E-state index in [9.17, 15) is 9.59 Å². The van der Waals surface area contributed by atoms with Gasteiger partial charge in [-0.3, -0.25) is 9.59 Å². The molecule has 2 amide bonds. The molecule has 2 fully saturated rings. The molecule has 1 aromatic rings. The normalized spacial score (nSPS) is 23.3. The molecule has 2 aliphatic rings. The minimum absolute atomic E-state index is 0. The Morgan fingerprint density at radius 2 is 1.89 bits per heavy atom. The first-order valence-electron chi connectivity index (χ1n) is 9.40. The maximum Gasteiger partial charge on any atom is 0.259 e. The van der Waals surface area contributed by atoms with Crippen LogP contribution in [0, 0.1) is 12.8 Å². The predicted molar refractivity (Wildman–Crippen MR) is 109 cm³/mol. The number of halogens is 1. The van der Waals surface area contributed by atoms with E-state index in [0.29, 0.717) is 35.9 Å². The van der Waals surface area contributed by atoms with Crippen LogP contribution in [0.2, 0.25) is 0 Å². The van der Waals surface area contributed by atoms with Gasteiger partial charge in [0.2, 0.25) is 5.91 Å². The minimum Gasteiger partial charge on any atom is -0.482 e. The Bertz CT molecular complexity index is 668. The minimum atomic E-state index is -0.117. The number of ether oxygens (including phenoxy) is 1. The molecule has 2 bridgehead atoms. The number of carbonyl (C=O) groups is 2. The predicted octanol–water partition coefficient (Wildman–Crippen LogP) is 2.74. The SMILES string of the molecule is Cc1ccc(NC(=O)CC2CC3CCC(C2)N3)c(OCC(=O)N(C)C)c1.Cl. The van der Waals surface area contributed by atoms with Crippen LogP contribution in [-0.2, 0) is 9.59 Å². The van der Waals surface area contributed by atoms with E-state index in [2.05, 4.69) is 10.6 Å². The number of aryl methyl sites for hydroxylation is 1. The maximum absolute atomic E-state index is 12.5. The summed E-state index contributed by atoms with van der Waals surface area (Å²) in [7, 11) is 3.38. The van der Waals surface area contributed by atoms with E-state index in [4.69, 9.17) is 4.74 Å². The average Bonchev–Trinajstić information content (AvgIpc) is 2.93. The van der Waals surface area contributed by atoms with Crippen molar-refractivity contribution >= 4 is 29.9 Å². The summed E-state index contributed by atoms with van der Waals surface area (Å²) in [6.07, 6.45) is 5.17. The number of hydrogen-bond acceptors (Lipinski definition) is 4. The molecule has 2 aliphatic heterocycles. The number of piperidine rings is 1. The van der Waals surface area contributed by atoms with Crippen molar-refractivity contribution in [3.63, 3.8) is 0 Å². The first kappa shape index (κ1) is 21.5. The van der Waals surface area contributed by atoms with Crippen molar-refractivity contribution in [2.75, 3.05) is 26.0 Å². The molecule has 2 heterocycles. The molecule has 2 saturated heterocycles. The molecule has 3 rings (SSSR count). The van der Waals surface area contributed by atoms with Crippen LogP contribution >= 0.6 is 12.4 Å². The molecule has 0 radical (unpaired) electrons. The molecule has 6 nitrogen and oxygen atoms in total. The van der Waals surface area contributed by atoms with E-state index < -0.39 is 0 Å². The second-order valence-electron chi connectivity index (χ2n) is 7.80. The third kappa shape index (κ3) is 5.84. The topological polar surface area (TPSA) is 70.7 Å². The van der Waals surface area contributed by atoms with Gasteiger partial charge in [-0.05, 0) is 56.2 Å². The van der Waals surface area contributed by atoms with Gasteiger partial charge in [0.25, 0.3) is 5.91 Å². The van der Waals surface area contributed by atoms with Gasteiger partial charge in [0, 0.05) is 32.6 Å². The summed E-state index contributed by atoms with van der Waals surface area (Å²) in [6.45, 7) is 1.91. The highest BCUT2D eigenvalue weighted by atomic mass is 35.5. The number of amides is 2. The Hall–Kier alpha value is -1.79. The highest BCUT2D eigenvalue weighted by molar-refractivity contribution is 5.92. The fourth-order valence-corrected chi connectivity index (χ4v) is 3.93. The number of anilines is 1. The van der Waals surface area contributed by atoms with Crippen LogP contribution in [-0.4, -0.2) is 49.5 Å². The van der Waals surface area contributed by atoms with Crippen LogP contribution in [0.1, 0.15) is 37.7 Å². The van der Waals surface area contributed by atoms with Gasteiger partial charge in [0.15, 0.2) is 6.61 Å². The zero-order valence-corrected chi connectivity index (χ0v) is 17.1. The maximum atomic E-state index is 12.5. The van der Waals surface area contributed by atoms with E-state index >= 15 is 0 Å². The zero-order chi connectivity index (χ0) is 18.7. The summed E-state index contributed by atoms with van der Waals surface area (Å²) in [5.41, 5.74) is 1.65. The summed E-state index contributed by atoms with van der Waals surface area (Å²) in [4.78, 5) is 25.8. The second kappa shape index (κ2) is 9.42. The van der Waals surface area contributed by atoms with Gasteiger partial charge >= 0.3 is 0 Å². The van der Waals surface area contributed by atoms with Gasteiger partial charge in [0.1, 0.15) is 5.75 Å². The van der Waals surface area contributed by atoms with Crippen molar-refractivity contribution in [2.45, 2.75) is 51.1 Å². The first-order valence-corrected chi connectivity index (χ1v) is 9.40. The van der Waals surface area contributed by atoms with Gasteiger partial charge in [0.05, 0.1) is 5.69 Å². The Morgan fingerprint density at radius 3 is 2.52 bits per heavy atom. The van der Waals surface area contributed by atoms with E-state index in [-0.39, 0.29) is 30.8 Å². The summed E-state index contributed by atoms with van der Waals surface area (Å²) in [5.74, 6) is 0.885. The third-order valence-electron chi connectivity index (χ3n) is 5.31. The summed E-state index contributed by atoms with van der Waals surface area (Å²) >= 11 is 0. The number of fused-ring (bicyclic) bond motifs is 2. The molecule has 7 heteroatoms. The largest absolute Gasteiger partial charge is 0.482 e. The highest BCUT2D eigenvalue weighted by Crippen LogP contribution is 2.33. The molecule has 0 aromatic heterocycles. The lowest BCUT2D eigenvalue weighted by atomic mass is 9.89. The fourth-order valence-electron chi connectivity index (χ4n) is 3.93. The molecule has 2 unspecified atom stereocenters. The Labute approximate surface area is 167 Å². The second-order valence-corrected chi connectivity index (χ2v) is 7.80. The first-order chi connectivity index (χ1) is 12.4. The molecule has 2 N–H and O–H groups in total. The molecule has 0 spiro atoms. The number of benzene rings is 1. The molecular weight excluding hydrogens is 366 g/mol. The Balaban J connectivity index is 0.00000261. The van der Waals surface area contributed by atoms with Gasteiger partial charge in [-0.25, -0.2) is 0 Å². The number of likely N-dealkylation sites (N-methyl/N-ethyl adjacent to an activating group) is 1. The number of carbonyl (C=O) groups excluding carboxylic acids is 2. The van der Waals surface area contributed by atoms with Crippen LogP contribution in [0.3, 0.4) is 0 Å². The number of hydrogen-bond donors (Lipinski definition) is 2. The van der Waals surface area contributed by atoms with Crippen LogP contribution in [0.15, 0.2) is 18.2 Å². The van der Waals surface area contributed by atoms with E-state index in [1.807, 2.05) is 25.1 Å². The summed E-state index contributed by atoms with van der Waals surface area (Å²) in [6, 6.07) is 6.79. The zero-order valence-electron chi connectivity index (χ0n) is 16.3.